The molecule has 7 heteroatoms. The van der Waals surface area contributed by atoms with Crippen LogP contribution >= 0.6 is 24.0 Å². The predicted octanol–water partition coefficient (Wildman–Crippen LogP) is 3.41. The molecule has 0 spiro atoms. The number of carbonyl (C=O) groups excluding carboxylic acids is 1. The molecule has 0 aliphatic carbocycles. The molecule has 6 nitrogen and oxygen atoms in total. The zero-order valence-corrected chi connectivity index (χ0v) is 20.6. The van der Waals surface area contributed by atoms with Gasteiger partial charge in [-0.15, -0.1) is 24.0 Å². The molecule has 3 N–H and O–H groups in total. The van der Waals surface area contributed by atoms with Crippen molar-refractivity contribution in [3.63, 3.8) is 0 Å². The second kappa shape index (κ2) is 14.0. The Bertz CT molecular complexity index is 795. The van der Waals surface area contributed by atoms with Crippen molar-refractivity contribution in [2.45, 2.75) is 26.4 Å². The van der Waals surface area contributed by atoms with Crippen LogP contribution in [0, 0.1) is 0 Å². The fourth-order valence-electron chi connectivity index (χ4n) is 2.83. The normalized spacial score (nSPS) is 12.1. The predicted molar refractivity (Wildman–Crippen MR) is 136 cm³/mol. The van der Waals surface area contributed by atoms with Gasteiger partial charge in [-0.05, 0) is 51.2 Å². The molecule has 1 unspecified atom stereocenters. The average molecular weight is 523 g/mol. The minimum absolute atomic E-state index is 0. The van der Waals surface area contributed by atoms with Crippen LogP contribution in [0.15, 0.2) is 59.6 Å². The Morgan fingerprint density at radius 3 is 2.47 bits per heavy atom. The van der Waals surface area contributed by atoms with Crippen molar-refractivity contribution in [2.24, 2.45) is 4.99 Å². The largest absolute Gasteiger partial charge is 0.357 e. The van der Waals surface area contributed by atoms with E-state index in [9.17, 15) is 4.79 Å². The zero-order valence-electron chi connectivity index (χ0n) is 18.3. The van der Waals surface area contributed by atoms with Crippen LogP contribution in [0.2, 0.25) is 0 Å². The van der Waals surface area contributed by atoms with Crippen LogP contribution in [0.25, 0.3) is 0 Å². The molecular weight excluding hydrogens is 489 g/mol. The number of nitrogens with zero attached hydrogens (tertiary/aromatic N) is 2. The second-order valence-corrected chi connectivity index (χ2v) is 7.23. The summed E-state index contributed by atoms with van der Waals surface area (Å²) in [7, 11) is 3.97. The first-order valence-corrected chi connectivity index (χ1v) is 10.1. The van der Waals surface area contributed by atoms with Gasteiger partial charge in [0.1, 0.15) is 0 Å². The van der Waals surface area contributed by atoms with Gasteiger partial charge in [-0.3, -0.25) is 4.79 Å². The van der Waals surface area contributed by atoms with Gasteiger partial charge < -0.3 is 20.9 Å². The molecule has 0 aliphatic heterocycles. The van der Waals surface area contributed by atoms with E-state index in [2.05, 4.69) is 35.0 Å². The lowest BCUT2D eigenvalue weighted by Crippen LogP contribution is -2.38. The van der Waals surface area contributed by atoms with E-state index in [0.29, 0.717) is 18.7 Å². The number of amides is 1. The van der Waals surface area contributed by atoms with E-state index in [1.54, 1.807) is 0 Å². The van der Waals surface area contributed by atoms with Crippen LogP contribution in [0.5, 0.6) is 0 Å². The minimum atomic E-state index is -0.0552. The van der Waals surface area contributed by atoms with Gasteiger partial charge in [-0.2, -0.15) is 0 Å². The Morgan fingerprint density at radius 2 is 1.80 bits per heavy atom. The van der Waals surface area contributed by atoms with E-state index in [0.717, 1.165) is 24.6 Å². The smallest absolute Gasteiger partial charge is 0.251 e. The van der Waals surface area contributed by atoms with Crippen molar-refractivity contribution in [2.75, 3.05) is 33.7 Å². The molecule has 2 aromatic carbocycles. The van der Waals surface area contributed by atoms with Gasteiger partial charge >= 0.3 is 0 Å². The van der Waals surface area contributed by atoms with Gasteiger partial charge in [-0.25, -0.2) is 4.99 Å². The van der Waals surface area contributed by atoms with E-state index in [1.807, 2.05) is 68.4 Å². The first-order valence-electron chi connectivity index (χ1n) is 10.1. The summed E-state index contributed by atoms with van der Waals surface area (Å²) in [6, 6.07) is 18.0. The summed E-state index contributed by atoms with van der Waals surface area (Å²) in [5.74, 6) is 0.699. The van der Waals surface area contributed by atoms with Gasteiger partial charge in [0, 0.05) is 25.2 Å². The highest BCUT2D eigenvalue weighted by Gasteiger charge is 2.08. The third kappa shape index (κ3) is 9.13. The second-order valence-electron chi connectivity index (χ2n) is 7.23. The van der Waals surface area contributed by atoms with Crippen molar-refractivity contribution < 1.29 is 4.79 Å². The SMILES string of the molecule is CCNC(=NCc1cccc(C(=O)NCCN(C)C)c1)NC(C)c1ccccc1.I. The lowest BCUT2D eigenvalue weighted by Gasteiger charge is -2.18. The number of rotatable bonds is 9. The highest BCUT2D eigenvalue weighted by atomic mass is 127. The van der Waals surface area contributed by atoms with E-state index >= 15 is 0 Å². The lowest BCUT2D eigenvalue weighted by molar-refractivity contribution is 0.0951. The molecule has 0 radical (unpaired) electrons. The zero-order chi connectivity index (χ0) is 21.1. The molecule has 0 fully saturated rings. The number of benzene rings is 2. The highest BCUT2D eigenvalue weighted by Crippen LogP contribution is 2.11. The molecule has 30 heavy (non-hydrogen) atoms. The summed E-state index contributed by atoms with van der Waals surface area (Å²) < 4.78 is 0. The monoisotopic (exact) mass is 523 g/mol. The van der Waals surface area contributed by atoms with E-state index in [-0.39, 0.29) is 35.9 Å². The number of hydrogen-bond donors (Lipinski definition) is 3. The molecule has 0 heterocycles. The Kier molecular flexibility index (Phi) is 12.1. The maximum atomic E-state index is 12.3. The van der Waals surface area contributed by atoms with Gasteiger partial charge in [0.2, 0.25) is 0 Å². The van der Waals surface area contributed by atoms with Crippen LogP contribution in [0.3, 0.4) is 0 Å². The fraction of sp³-hybridized carbons (Fsp3) is 0.391. The Morgan fingerprint density at radius 1 is 1.07 bits per heavy atom. The van der Waals surface area contributed by atoms with Crippen molar-refractivity contribution >= 4 is 35.8 Å². The van der Waals surface area contributed by atoms with Gasteiger partial charge in [0.05, 0.1) is 12.6 Å². The van der Waals surface area contributed by atoms with Crippen LogP contribution in [-0.2, 0) is 6.54 Å². The summed E-state index contributed by atoms with van der Waals surface area (Å²) in [4.78, 5) is 19.1. The molecular formula is C23H34IN5O. The number of likely N-dealkylation sites (N-methyl/N-ethyl adjacent to an activating group) is 1. The standard InChI is InChI=1S/C23H33N5O.HI/c1-5-24-23(27-18(2)20-11-7-6-8-12-20)26-17-19-10-9-13-21(16-19)22(29)25-14-15-28(3)4;/h6-13,16,18H,5,14-15,17H2,1-4H3,(H,25,29)(H2,24,26,27);1H. The number of guanidine groups is 1. The molecule has 0 saturated carbocycles. The van der Waals surface area contributed by atoms with Crippen LogP contribution < -0.4 is 16.0 Å². The third-order valence-electron chi connectivity index (χ3n) is 4.45. The summed E-state index contributed by atoms with van der Waals surface area (Å²) in [6.45, 7) is 6.87. The summed E-state index contributed by atoms with van der Waals surface area (Å²) in [6.07, 6.45) is 0. The van der Waals surface area contributed by atoms with E-state index in [1.165, 1.54) is 5.56 Å². The molecule has 1 atom stereocenters. The lowest BCUT2D eigenvalue weighted by atomic mass is 10.1. The number of hydrogen-bond acceptors (Lipinski definition) is 3. The van der Waals surface area contributed by atoms with Crippen LogP contribution in [0.1, 0.15) is 41.4 Å². The van der Waals surface area contributed by atoms with Crippen molar-refractivity contribution in [1.82, 2.24) is 20.9 Å². The molecule has 0 saturated heterocycles. The maximum Gasteiger partial charge on any atom is 0.251 e. The summed E-state index contributed by atoms with van der Waals surface area (Å²) in [5, 5.41) is 9.67. The quantitative estimate of drug-likeness (QED) is 0.268. The Labute approximate surface area is 197 Å². The van der Waals surface area contributed by atoms with Crippen LogP contribution in [0.4, 0.5) is 0 Å². The number of aliphatic imine (C=N–C) groups is 1. The molecule has 1 amide bonds. The Balaban J connectivity index is 0.00000450. The van der Waals surface area contributed by atoms with Crippen molar-refractivity contribution in [3.8, 4) is 0 Å². The molecule has 0 bridgehead atoms. The fourth-order valence-corrected chi connectivity index (χ4v) is 2.83. The van der Waals surface area contributed by atoms with Gasteiger partial charge in [0.25, 0.3) is 5.91 Å². The van der Waals surface area contributed by atoms with Gasteiger partial charge in [0.15, 0.2) is 5.96 Å². The van der Waals surface area contributed by atoms with Crippen molar-refractivity contribution in [3.05, 3.63) is 71.3 Å². The average Bonchev–Trinajstić information content (AvgIpc) is 2.72. The number of halogens is 1. The first-order chi connectivity index (χ1) is 14.0. The van der Waals surface area contributed by atoms with Crippen molar-refractivity contribution in [1.29, 1.82) is 0 Å². The number of nitrogens with one attached hydrogen (secondary N) is 3. The highest BCUT2D eigenvalue weighted by molar-refractivity contribution is 14.0. The molecule has 164 valence electrons. The number of carbonyl (C=O) groups is 1. The minimum Gasteiger partial charge on any atom is -0.357 e. The van der Waals surface area contributed by atoms with E-state index < -0.39 is 0 Å². The molecule has 2 rings (SSSR count). The topological polar surface area (TPSA) is 68.8 Å². The van der Waals surface area contributed by atoms with Gasteiger partial charge in [-0.1, -0.05) is 42.5 Å². The van der Waals surface area contributed by atoms with E-state index in [4.69, 9.17) is 4.99 Å². The molecule has 0 aliphatic rings. The van der Waals surface area contributed by atoms with Crippen LogP contribution in [-0.4, -0.2) is 50.5 Å². The summed E-state index contributed by atoms with van der Waals surface area (Å²) in [5.41, 5.74) is 2.86. The third-order valence-corrected chi connectivity index (χ3v) is 4.45. The Hall–Kier alpha value is -2.13. The maximum absolute atomic E-state index is 12.3. The molecule has 0 aromatic heterocycles. The molecule has 2 aromatic rings. The summed E-state index contributed by atoms with van der Waals surface area (Å²) >= 11 is 0. The first kappa shape index (κ1) is 25.9.